The van der Waals surface area contributed by atoms with Crippen molar-refractivity contribution in [1.29, 1.82) is 0 Å². The summed E-state index contributed by atoms with van der Waals surface area (Å²) in [6, 6.07) is 7.47. The summed E-state index contributed by atoms with van der Waals surface area (Å²) in [6.07, 6.45) is 0. The van der Waals surface area contributed by atoms with Gasteiger partial charge in [0.1, 0.15) is 0 Å². The molecule has 4 nitrogen and oxygen atoms in total. The zero-order valence-corrected chi connectivity index (χ0v) is 6.78. The summed E-state index contributed by atoms with van der Waals surface area (Å²) >= 11 is 0. The van der Waals surface area contributed by atoms with Gasteiger partial charge in [0, 0.05) is 5.56 Å². The summed E-state index contributed by atoms with van der Waals surface area (Å²) in [4.78, 5) is 0. The molecule has 0 saturated heterocycles. The summed E-state index contributed by atoms with van der Waals surface area (Å²) in [7, 11) is 0. The highest BCUT2D eigenvalue weighted by molar-refractivity contribution is 5.97. The molecule has 0 aliphatic rings. The quantitative estimate of drug-likeness (QED) is 0.272. The maximum absolute atomic E-state index is 8.34. The monoisotopic (exact) mass is 168 g/mol. The van der Waals surface area contributed by atoms with Crippen molar-refractivity contribution in [1.82, 2.24) is 0 Å². The van der Waals surface area contributed by atoms with Gasteiger partial charge in [-0.3, -0.25) is 0 Å². The summed E-state index contributed by atoms with van der Waals surface area (Å²) in [5.74, 6) is 0.147. The summed E-state index contributed by atoms with van der Waals surface area (Å²) in [5.41, 5.74) is 7.20. The first-order chi connectivity index (χ1) is 5.24. The van der Waals surface area contributed by atoms with E-state index >= 15 is 0 Å². The van der Waals surface area contributed by atoms with Crippen LogP contribution in [0.5, 0.6) is 0 Å². The van der Waals surface area contributed by atoms with E-state index in [2.05, 4.69) is 5.16 Å². The lowest BCUT2D eigenvalue weighted by atomic mass is 10.1. The van der Waals surface area contributed by atoms with Gasteiger partial charge in [-0.2, -0.15) is 0 Å². The van der Waals surface area contributed by atoms with Crippen LogP contribution in [0.25, 0.3) is 0 Å². The highest BCUT2D eigenvalue weighted by Gasteiger charge is 1.96. The smallest absolute Gasteiger partial charge is 0.170 e. The Morgan fingerprint density at radius 3 is 2.67 bits per heavy atom. The Bertz CT molecular complexity index is 284. The third kappa shape index (κ3) is 2.25. The fourth-order valence-electron chi connectivity index (χ4n) is 0.862. The molecule has 0 saturated carbocycles. The second kappa shape index (κ2) is 4.35. The summed E-state index contributed by atoms with van der Waals surface area (Å²) in [5, 5.41) is 11.2. The minimum atomic E-state index is 0. The number of aryl methyl sites for hydroxylation is 1. The molecule has 1 rings (SSSR count). The van der Waals surface area contributed by atoms with Crippen LogP contribution in [-0.4, -0.2) is 16.5 Å². The lowest BCUT2D eigenvalue weighted by Gasteiger charge is -1.98. The Kier molecular flexibility index (Phi) is 3.79. The van der Waals surface area contributed by atoms with Gasteiger partial charge in [0.2, 0.25) is 0 Å². The van der Waals surface area contributed by atoms with Gasteiger partial charge >= 0.3 is 0 Å². The average molecular weight is 168 g/mol. The van der Waals surface area contributed by atoms with Crippen molar-refractivity contribution in [2.24, 2.45) is 10.9 Å². The predicted molar refractivity (Wildman–Crippen MR) is 47.3 cm³/mol. The van der Waals surface area contributed by atoms with Crippen molar-refractivity contribution in [2.75, 3.05) is 0 Å². The van der Waals surface area contributed by atoms with Crippen LogP contribution in [0.1, 0.15) is 11.1 Å². The Balaban J connectivity index is 0.00000121. The molecule has 12 heavy (non-hydrogen) atoms. The molecule has 0 aliphatic heterocycles. The van der Waals surface area contributed by atoms with Crippen LogP contribution in [0, 0.1) is 6.92 Å². The van der Waals surface area contributed by atoms with E-state index in [0.717, 1.165) is 11.1 Å². The Labute approximate surface area is 70.6 Å². The van der Waals surface area contributed by atoms with E-state index in [9.17, 15) is 0 Å². The molecular weight excluding hydrogens is 156 g/mol. The molecule has 1 aromatic carbocycles. The molecule has 0 aromatic heterocycles. The van der Waals surface area contributed by atoms with Gasteiger partial charge in [0.05, 0.1) is 0 Å². The van der Waals surface area contributed by atoms with E-state index in [0.29, 0.717) is 0 Å². The minimum Gasteiger partial charge on any atom is -0.412 e. The van der Waals surface area contributed by atoms with Gasteiger partial charge in [-0.15, -0.1) is 0 Å². The van der Waals surface area contributed by atoms with Gasteiger partial charge in [-0.25, -0.2) is 0 Å². The number of amidine groups is 1. The van der Waals surface area contributed by atoms with Crippen LogP contribution in [-0.2, 0) is 0 Å². The molecule has 0 heterocycles. The molecule has 0 aliphatic carbocycles. The van der Waals surface area contributed by atoms with Crippen LogP contribution in [0.2, 0.25) is 0 Å². The van der Waals surface area contributed by atoms with Gasteiger partial charge in [0.25, 0.3) is 0 Å². The SMILES string of the molecule is Cc1cccc(C(N)=NO)c1.O. The van der Waals surface area contributed by atoms with E-state index < -0.39 is 0 Å². The molecule has 0 spiro atoms. The molecule has 0 bridgehead atoms. The van der Waals surface area contributed by atoms with Crippen LogP contribution in [0.3, 0.4) is 0 Å². The fraction of sp³-hybridized carbons (Fsp3) is 0.125. The first-order valence-electron chi connectivity index (χ1n) is 3.28. The third-order valence-electron chi connectivity index (χ3n) is 1.42. The van der Waals surface area contributed by atoms with E-state index in [4.69, 9.17) is 10.9 Å². The molecule has 0 atom stereocenters. The Hall–Kier alpha value is -1.55. The molecule has 0 radical (unpaired) electrons. The molecule has 4 heteroatoms. The van der Waals surface area contributed by atoms with Crippen molar-refractivity contribution < 1.29 is 10.7 Å². The Morgan fingerprint density at radius 1 is 1.50 bits per heavy atom. The topological polar surface area (TPSA) is 90.1 Å². The summed E-state index contributed by atoms with van der Waals surface area (Å²) < 4.78 is 0. The number of benzene rings is 1. The van der Waals surface area contributed by atoms with Gasteiger partial charge in [-0.1, -0.05) is 28.9 Å². The van der Waals surface area contributed by atoms with Crippen LogP contribution in [0.4, 0.5) is 0 Å². The van der Waals surface area contributed by atoms with Crippen molar-refractivity contribution >= 4 is 5.84 Å². The van der Waals surface area contributed by atoms with Crippen molar-refractivity contribution in [3.05, 3.63) is 35.4 Å². The second-order valence-corrected chi connectivity index (χ2v) is 2.35. The zero-order chi connectivity index (χ0) is 8.27. The van der Waals surface area contributed by atoms with E-state index in [1.807, 2.05) is 25.1 Å². The van der Waals surface area contributed by atoms with E-state index in [1.54, 1.807) is 6.07 Å². The lowest BCUT2D eigenvalue weighted by molar-refractivity contribution is 0.318. The maximum atomic E-state index is 8.34. The maximum Gasteiger partial charge on any atom is 0.170 e. The average Bonchev–Trinajstić information content (AvgIpc) is 2.03. The molecule has 5 N–H and O–H groups in total. The first kappa shape index (κ1) is 10.4. The van der Waals surface area contributed by atoms with Crippen molar-refractivity contribution in [2.45, 2.75) is 6.92 Å². The Morgan fingerprint density at radius 2 is 2.17 bits per heavy atom. The largest absolute Gasteiger partial charge is 0.412 e. The lowest BCUT2D eigenvalue weighted by Crippen LogP contribution is -2.12. The fourth-order valence-corrected chi connectivity index (χ4v) is 0.862. The zero-order valence-electron chi connectivity index (χ0n) is 6.78. The molecule has 0 unspecified atom stereocenters. The van der Waals surface area contributed by atoms with Gasteiger partial charge < -0.3 is 16.4 Å². The normalized spacial score (nSPS) is 10.6. The molecule has 0 amide bonds. The van der Waals surface area contributed by atoms with E-state index in [-0.39, 0.29) is 11.3 Å². The van der Waals surface area contributed by atoms with Crippen molar-refractivity contribution in [3.8, 4) is 0 Å². The number of hydrogen-bond acceptors (Lipinski definition) is 2. The van der Waals surface area contributed by atoms with Crippen LogP contribution in [0.15, 0.2) is 29.4 Å². The van der Waals surface area contributed by atoms with Crippen LogP contribution < -0.4 is 5.73 Å². The standard InChI is InChI=1S/C8H10N2O.H2O/c1-6-3-2-4-7(5-6)8(9)10-11;/h2-5,11H,1H3,(H2,9,10);1H2. The van der Waals surface area contributed by atoms with Gasteiger partial charge in [0.15, 0.2) is 5.84 Å². The first-order valence-corrected chi connectivity index (χ1v) is 3.28. The summed E-state index contributed by atoms with van der Waals surface area (Å²) in [6.45, 7) is 1.95. The number of nitrogens with two attached hydrogens (primary N) is 1. The molecular formula is C8H12N2O2. The third-order valence-corrected chi connectivity index (χ3v) is 1.42. The minimum absolute atomic E-state index is 0. The predicted octanol–water partition coefficient (Wildman–Crippen LogP) is 0.265. The molecule has 66 valence electrons. The van der Waals surface area contributed by atoms with Gasteiger partial charge in [-0.05, 0) is 13.0 Å². The van der Waals surface area contributed by atoms with Crippen LogP contribution >= 0.6 is 0 Å². The second-order valence-electron chi connectivity index (χ2n) is 2.35. The van der Waals surface area contributed by atoms with Crippen molar-refractivity contribution in [3.63, 3.8) is 0 Å². The number of hydrogen-bond donors (Lipinski definition) is 2. The highest BCUT2D eigenvalue weighted by atomic mass is 16.4. The molecule has 0 fully saturated rings. The molecule has 1 aromatic rings. The van der Waals surface area contributed by atoms with E-state index in [1.165, 1.54) is 0 Å². The number of rotatable bonds is 1. The highest BCUT2D eigenvalue weighted by Crippen LogP contribution is 2.02. The number of nitrogens with zero attached hydrogens (tertiary/aromatic N) is 1. The number of oxime groups is 1.